The van der Waals surface area contributed by atoms with Crippen LogP contribution in [0.2, 0.25) is 5.02 Å². The van der Waals surface area contributed by atoms with Gasteiger partial charge in [-0.05, 0) is 36.8 Å². The third-order valence-corrected chi connectivity index (χ3v) is 3.82. The number of aromatic amines is 1. The highest BCUT2D eigenvalue weighted by atomic mass is 35.5. The third kappa shape index (κ3) is 2.46. The Kier molecular flexibility index (Phi) is 3.65. The van der Waals surface area contributed by atoms with Gasteiger partial charge in [-0.1, -0.05) is 11.6 Å². The van der Waals surface area contributed by atoms with Crippen molar-refractivity contribution in [3.8, 4) is 0 Å². The lowest BCUT2D eigenvalue weighted by molar-refractivity contribution is 0.102. The number of H-pyrrole nitrogens is 1. The summed E-state index contributed by atoms with van der Waals surface area (Å²) in [4.78, 5) is 31.6. The van der Waals surface area contributed by atoms with Crippen LogP contribution in [0.25, 0.3) is 10.9 Å². The second kappa shape index (κ2) is 5.61. The molecule has 2 aromatic heterocycles. The number of amides is 1. The molecule has 1 amide bonds. The first-order valence-corrected chi connectivity index (χ1v) is 6.97. The van der Waals surface area contributed by atoms with Crippen LogP contribution in [0.3, 0.4) is 0 Å². The minimum Gasteiger partial charge on any atom is -0.360 e. The summed E-state index contributed by atoms with van der Waals surface area (Å²) in [6.07, 6.45) is 4.52. The van der Waals surface area contributed by atoms with Crippen molar-refractivity contribution < 1.29 is 4.79 Å². The molecule has 22 heavy (non-hydrogen) atoms. The number of aromatic nitrogens is 2. The zero-order chi connectivity index (χ0) is 15.7. The maximum atomic E-state index is 12.5. The predicted molar refractivity (Wildman–Crippen MR) is 86.5 cm³/mol. The zero-order valence-electron chi connectivity index (χ0n) is 11.7. The van der Waals surface area contributed by atoms with Gasteiger partial charge in [0.2, 0.25) is 5.43 Å². The van der Waals surface area contributed by atoms with E-state index < -0.39 is 5.91 Å². The molecule has 0 fully saturated rings. The molecule has 0 saturated carbocycles. The van der Waals surface area contributed by atoms with Gasteiger partial charge < -0.3 is 10.3 Å². The number of nitrogens with one attached hydrogen (secondary N) is 2. The maximum absolute atomic E-state index is 12.5. The van der Waals surface area contributed by atoms with E-state index in [0.29, 0.717) is 21.6 Å². The summed E-state index contributed by atoms with van der Waals surface area (Å²) in [5.74, 6) is -0.483. The summed E-state index contributed by atoms with van der Waals surface area (Å²) in [6, 6.07) is 6.66. The normalized spacial score (nSPS) is 10.6. The fourth-order valence-electron chi connectivity index (χ4n) is 2.22. The fourth-order valence-corrected chi connectivity index (χ4v) is 2.38. The molecule has 0 saturated heterocycles. The number of carbonyl (C=O) groups excluding carboxylic acids is 1. The molecule has 0 spiro atoms. The Morgan fingerprint density at radius 3 is 2.86 bits per heavy atom. The molecule has 1 aromatic carbocycles. The second-order valence-electron chi connectivity index (χ2n) is 4.82. The first kappa shape index (κ1) is 14.3. The van der Waals surface area contributed by atoms with E-state index in [1.807, 2.05) is 6.92 Å². The van der Waals surface area contributed by atoms with Crippen molar-refractivity contribution in [2.75, 3.05) is 5.32 Å². The van der Waals surface area contributed by atoms with E-state index in [9.17, 15) is 9.59 Å². The van der Waals surface area contributed by atoms with Crippen molar-refractivity contribution in [3.63, 3.8) is 0 Å². The molecule has 0 aliphatic rings. The Bertz CT molecular complexity index is 920. The standard InChI is InChI=1S/C16H12ClN3O2/c1-9-13(17)5-4-11-14(9)19-8-12(15(11)21)16(22)20-10-3-2-6-18-7-10/h2-8H,1H3,(H,19,21)(H,20,22). The zero-order valence-corrected chi connectivity index (χ0v) is 12.4. The number of benzene rings is 1. The summed E-state index contributed by atoms with van der Waals surface area (Å²) >= 11 is 6.04. The second-order valence-corrected chi connectivity index (χ2v) is 5.23. The highest BCUT2D eigenvalue weighted by Crippen LogP contribution is 2.22. The van der Waals surface area contributed by atoms with Crippen molar-refractivity contribution in [1.82, 2.24) is 9.97 Å². The van der Waals surface area contributed by atoms with Crippen LogP contribution in [0, 0.1) is 6.92 Å². The average molecular weight is 314 g/mol. The van der Waals surface area contributed by atoms with E-state index in [4.69, 9.17) is 11.6 Å². The van der Waals surface area contributed by atoms with Gasteiger partial charge in [0, 0.05) is 22.8 Å². The molecule has 3 rings (SSSR count). The van der Waals surface area contributed by atoms with Crippen LogP contribution in [-0.2, 0) is 0 Å². The van der Waals surface area contributed by atoms with Crippen molar-refractivity contribution in [3.05, 3.63) is 69.2 Å². The summed E-state index contributed by atoms with van der Waals surface area (Å²) in [5.41, 5.74) is 1.64. The van der Waals surface area contributed by atoms with E-state index in [2.05, 4.69) is 15.3 Å². The molecular weight excluding hydrogens is 302 g/mol. The highest BCUT2D eigenvalue weighted by Gasteiger charge is 2.14. The van der Waals surface area contributed by atoms with Gasteiger partial charge in [-0.2, -0.15) is 0 Å². The number of carbonyl (C=O) groups is 1. The summed E-state index contributed by atoms with van der Waals surface area (Å²) in [5, 5.41) is 3.64. The van der Waals surface area contributed by atoms with Crippen LogP contribution >= 0.6 is 11.6 Å². The summed E-state index contributed by atoms with van der Waals surface area (Å²) in [7, 11) is 0. The summed E-state index contributed by atoms with van der Waals surface area (Å²) < 4.78 is 0. The van der Waals surface area contributed by atoms with Gasteiger partial charge in [-0.3, -0.25) is 14.6 Å². The molecule has 2 N–H and O–H groups in total. The van der Waals surface area contributed by atoms with Crippen LogP contribution in [-0.4, -0.2) is 15.9 Å². The van der Waals surface area contributed by atoms with Crippen molar-refractivity contribution >= 4 is 34.1 Å². The Hall–Kier alpha value is -2.66. The molecule has 0 unspecified atom stereocenters. The number of aryl methyl sites for hydroxylation is 1. The first-order chi connectivity index (χ1) is 10.6. The Labute approximate surface area is 131 Å². The molecule has 0 radical (unpaired) electrons. The van der Waals surface area contributed by atoms with E-state index in [1.165, 1.54) is 12.4 Å². The Morgan fingerprint density at radius 2 is 2.14 bits per heavy atom. The molecule has 0 aliphatic heterocycles. The number of rotatable bonds is 2. The van der Waals surface area contributed by atoms with Crippen LogP contribution in [0.15, 0.2) is 47.7 Å². The molecule has 0 atom stereocenters. The van der Waals surface area contributed by atoms with Gasteiger partial charge in [0.15, 0.2) is 0 Å². The van der Waals surface area contributed by atoms with Gasteiger partial charge in [0.05, 0.1) is 17.4 Å². The lowest BCUT2D eigenvalue weighted by atomic mass is 10.1. The first-order valence-electron chi connectivity index (χ1n) is 6.60. The van der Waals surface area contributed by atoms with Crippen LogP contribution in [0.1, 0.15) is 15.9 Å². The van der Waals surface area contributed by atoms with E-state index >= 15 is 0 Å². The molecule has 5 nitrogen and oxygen atoms in total. The number of pyridine rings is 2. The number of nitrogens with zero attached hydrogens (tertiary/aromatic N) is 1. The smallest absolute Gasteiger partial charge is 0.261 e. The molecule has 110 valence electrons. The Balaban J connectivity index is 2.05. The number of anilines is 1. The topological polar surface area (TPSA) is 74.8 Å². The average Bonchev–Trinajstić information content (AvgIpc) is 2.52. The lowest BCUT2D eigenvalue weighted by Crippen LogP contribution is -2.22. The molecule has 3 aromatic rings. The van der Waals surface area contributed by atoms with Crippen molar-refractivity contribution in [1.29, 1.82) is 0 Å². The van der Waals surface area contributed by atoms with E-state index in [-0.39, 0.29) is 11.0 Å². The number of halogens is 1. The Morgan fingerprint density at radius 1 is 1.32 bits per heavy atom. The van der Waals surface area contributed by atoms with Crippen molar-refractivity contribution in [2.45, 2.75) is 6.92 Å². The van der Waals surface area contributed by atoms with E-state index in [1.54, 1.807) is 30.5 Å². The SMILES string of the molecule is Cc1c(Cl)ccc2c(=O)c(C(=O)Nc3cccnc3)c[nH]c12. The largest absolute Gasteiger partial charge is 0.360 e. The number of fused-ring (bicyclic) bond motifs is 1. The van der Waals surface area contributed by atoms with E-state index in [0.717, 1.165) is 5.56 Å². The maximum Gasteiger partial charge on any atom is 0.261 e. The van der Waals surface area contributed by atoms with Crippen LogP contribution < -0.4 is 10.7 Å². The third-order valence-electron chi connectivity index (χ3n) is 3.41. The number of hydrogen-bond donors (Lipinski definition) is 2. The molecule has 0 aliphatic carbocycles. The summed E-state index contributed by atoms with van der Waals surface area (Å²) in [6.45, 7) is 1.82. The van der Waals surface area contributed by atoms with Gasteiger partial charge in [-0.15, -0.1) is 0 Å². The van der Waals surface area contributed by atoms with Crippen LogP contribution in [0.5, 0.6) is 0 Å². The van der Waals surface area contributed by atoms with Gasteiger partial charge >= 0.3 is 0 Å². The minimum atomic E-state index is -0.483. The highest BCUT2D eigenvalue weighted by molar-refractivity contribution is 6.32. The molecular formula is C16H12ClN3O2. The van der Waals surface area contributed by atoms with Crippen LogP contribution in [0.4, 0.5) is 5.69 Å². The minimum absolute atomic E-state index is 0.0399. The fraction of sp³-hybridized carbons (Fsp3) is 0.0625. The lowest BCUT2D eigenvalue weighted by Gasteiger charge is -2.07. The van der Waals surface area contributed by atoms with Gasteiger partial charge in [-0.25, -0.2) is 0 Å². The number of hydrogen-bond acceptors (Lipinski definition) is 3. The predicted octanol–water partition coefficient (Wildman–Crippen LogP) is 3.14. The monoisotopic (exact) mass is 313 g/mol. The van der Waals surface area contributed by atoms with Gasteiger partial charge in [0.1, 0.15) is 5.56 Å². The molecule has 6 heteroatoms. The van der Waals surface area contributed by atoms with Gasteiger partial charge in [0.25, 0.3) is 5.91 Å². The quantitative estimate of drug-likeness (QED) is 0.763. The molecule has 2 heterocycles. The molecule has 0 bridgehead atoms. The van der Waals surface area contributed by atoms with Crippen molar-refractivity contribution in [2.24, 2.45) is 0 Å².